The maximum absolute atomic E-state index is 12.5. The topological polar surface area (TPSA) is 69.2 Å². The van der Waals surface area contributed by atoms with Crippen molar-refractivity contribution in [1.29, 1.82) is 0 Å². The molecule has 0 bridgehead atoms. The maximum Gasteiger partial charge on any atom is 0.264 e. The molecule has 1 aliphatic heterocycles. The van der Waals surface area contributed by atoms with Crippen LogP contribution in [0.5, 0.6) is 11.5 Å². The van der Waals surface area contributed by atoms with E-state index >= 15 is 0 Å². The molecule has 1 N–H and O–H groups in total. The van der Waals surface area contributed by atoms with Crippen LogP contribution in [0.4, 0.5) is 0 Å². The first-order valence-electron chi connectivity index (χ1n) is 8.42. The minimum atomic E-state index is -0.650. The van der Waals surface area contributed by atoms with E-state index in [-0.39, 0.29) is 11.9 Å². The molecule has 0 saturated carbocycles. The van der Waals surface area contributed by atoms with Crippen LogP contribution in [-0.2, 0) is 9.63 Å². The molecule has 1 heterocycles. The lowest BCUT2D eigenvalue weighted by Crippen LogP contribution is -2.36. The summed E-state index contributed by atoms with van der Waals surface area (Å²) in [5, 5.41) is 7.05. The largest absolute Gasteiger partial charge is 0.497 e. The van der Waals surface area contributed by atoms with Crippen molar-refractivity contribution in [3.05, 3.63) is 59.7 Å². The van der Waals surface area contributed by atoms with Gasteiger partial charge >= 0.3 is 0 Å². The third kappa shape index (κ3) is 3.79. The fourth-order valence-electron chi connectivity index (χ4n) is 2.86. The number of rotatable bonds is 6. The van der Waals surface area contributed by atoms with E-state index in [1.807, 2.05) is 55.5 Å². The lowest BCUT2D eigenvalue weighted by molar-refractivity contribution is -0.131. The van der Waals surface area contributed by atoms with E-state index in [4.69, 9.17) is 14.3 Å². The Bertz CT molecular complexity index is 819. The molecular weight excluding hydrogens is 332 g/mol. The fourth-order valence-corrected chi connectivity index (χ4v) is 2.86. The van der Waals surface area contributed by atoms with Crippen LogP contribution in [0.3, 0.4) is 0 Å². The van der Waals surface area contributed by atoms with Gasteiger partial charge in [-0.1, -0.05) is 29.4 Å². The van der Waals surface area contributed by atoms with Crippen molar-refractivity contribution in [1.82, 2.24) is 5.32 Å². The Hall–Kier alpha value is -3.02. The highest BCUT2D eigenvalue weighted by atomic mass is 16.6. The van der Waals surface area contributed by atoms with E-state index in [1.54, 1.807) is 14.2 Å². The van der Waals surface area contributed by atoms with Crippen LogP contribution in [-0.4, -0.2) is 31.9 Å². The Morgan fingerprint density at radius 3 is 2.77 bits per heavy atom. The Kier molecular flexibility index (Phi) is 5.41. The number of para-hydroxylation sites is 1. The van der Waals surface area contributed by atoms with Crippen LogP contribution >= 0.6 is 0 Å². The van der Waals surface area contributed by atoms with Crippen LogP contribution in [0.1, 0.15) is 30.5 Å². The standard InChI is InChI=1S/C20H22N2O4/c1-13(14-7-6-8-15(11-14)24-2)21-20(23)19-12-17(22-26-19)16-9-4-5-10-18(16)25-3/h4-11,13,19H,12H2,1-3H3,(H,21,23). The van der Waals surface area contributed by atoms with E-state index < -0.39 is 6.10 Å². The van der Waals surface area contributed by atoms with Gasteiger partial charge in [0.2, 0.25) is 6.10 Å². The normalized spacial score (nSPS) is 17.0. The second kappa shape index (κ2) is 7.91. The van der Waals surface area contributed by atoms with Crippen LogP contribution in [0.25, 0.3) is 0 Å². The summed E-state index contributed by atoms with van der Waals surface area (Å²) in [5.41, 5.74) is 2.50. The van der Waals surface area contributed by atoms with Gasteiger partial charge < -0.3 is 19.6 Å². The Labute approximate surface area is 152 Å². The molecule has 2 atom stereocenters. The average molecular weight is 354 g/mol. The number of hydrogen-bond acceptors (Lipinski definition) is 5. The number of methoxy groups -OCH3 is 2. The van der Waals surface area contributed by atoms with Gasteiger partial charge in [0.25, 0.3) is 5.91 Å². The quantitative estimate of drug-likeness (QED) is 0.866. The lowest BCUT2D eigenvalue weighted by atomic mass is 10.0. The number of carbonyl (C=O) groups is 1. The molecule has 1 amide bonds. The summed E-state index contributed by atoms with van der Waals surface area (Å²) in [4.78, 5) is 17.9. The van der Waals surface area contributed by atoms with E-state index in [0.717, 1.165) is 16.9 Å². The Morgan fingerprint density at radius 2 is 2.00 bits per heavy atom. The highest BCUT2D eigenvalue weighted by Crippen LogP contribution is 2.25. The summed E-state index contributed by atoms with van der Waals surface area (Å²) >= 11 is 0. The fraction of sp³-hybridized carbons (Fsp3) is 0.300. The number of hydrogen-bond donors (Lipinski definition) is 1. The molecule has 0 fully saturated rings. The summed E-state index contributed by atoms with van der Waals surface area (Å²) < 4.78 is 10.6. The first-order chi connectivity index (χ1) is 12.6. The third-order valence-corrected chi connectivity index (χ3v) is 4.33. The van der Waals surface area contributed by atoms with E-state index in [2.05, 4.69) is 10.5 Å². The van der Waals surface area contributed by atoms with Gasteiger partial charge in [0.1, 0.15) is 11.5 Å². The zero-order valence-electron chi connectivity index (χ0n) is 15.1. The first-order valence-corrected chi connectivity index (χ1v) is 8.42. The second-order valence-electron chi connectivity index (χ2n) is 6.04. The lowest BCUT2D eigenvalue weighted by Gasteiger charge is -2.17. The molecule has 3 rings (SSSR count). The zero-order valence-corrected chi connectivity index (χ0v) is 15.1. The second-order valence-corrected chi connectivity index (χ2v) is 6.04. The highest BCUT2D eigenvalue weighted by Gasteiger charge is 2.30. The SMILES string of the molecule is COc1cccc(C(C)NC(=O)C2CC(c3ccccc3OC)=NO2)c1. The van der Waals surface area contributed by atoms with Crippen LogP contribution in [0, 0.1) is 0 Å². The summed E-state index contributed by atoms with van der Waals surface area (Å²) in [6.07, 6.45) is -0.250. The van der Waals surface area contributed by atoms with Crippen molar-refractivity contribution in [2.24, 2.45) is 5.16 Å². The van der Waals surface area contributed by atoms with Gasteiger partial charge in [0.05, 0.1) is 26.0 Å². The predicted molar refractivity (Wildman–Crippen MR) is 98.6 cm³/mol. The number of ether oxygens (including phenoxy) is 2. The number of nitrogens with one attached hydrogen (secondary N) is 1. The summed E-state index contributed by atoms with van der Waals surface area (Å²) in [6, 6.07) is 15.0. The molecule has 6 heteroatoms. The van der Waals surface area contributed by atoms with Gasteiger partial charge in [-0.15, -0.1) is 0 Å². The molecule has 2 aromatic rings. The summed E-state index contributed by atoms with van der Waals surface area (Å²) in [7, 11) is 3.22. The van der Waals surface area contributed by atoms with Gasteiger partial charge in [-0.2, -0.15) is 0 Å². The smallest absolute Gasteiger partial charge is 0.264 e. The molecule has 2 unspecified atom stereocenters. The Morgan fingerprint density at radius 1 is 1.19 bits per heavy atom. The van der Waals surface area contributed by atoms with Crippen molar-refractivity contribution in [3.8, 4) is 11.5 Å². The van der Waals surface area contributed by atoms with Gasteiger partial charge in [0, 0.05) is 12.0 Å². The van der Waals surface area contributed by atoms with Crippen molar-refractivity contribution < 1.29 is 19.1 Å². The van der Waals surface area contributed by atoms with Gasteiger partial charge in [-0.3, -0.25) is 4.79 Å². The van der Waals surface area contributed by atoms with Crippen molar-refractivity contribution >= 4 is 11.6 Å². The van der Waals surface area contributed by atoms with Gasteiger partial charge in [-0.05, 0) is 36.8 Å². The van der Waals surface area contributed by atoms with E-state index in [9.17, 15) is 4.79 Å². The third-order valence-electron chi connectivity index (χ3n) is 4.33. The van der Waals surface area contributed by atoms with Crippen LogP contribution in [0.2, 0.25) is 0 Å². The monoisotopic (exact) mass is 354 g/mol. The van der Waals surface area contributed by atoms with Crippen molar-refractivity contribution in [2.75, 3.05) is 14.2 Å². The van der Waals surface area contributed by atoms with Gasteiger partial charge in [-0.25, -0.2) is 0 Å². The molecule has 2 aromatic carbocycles. The van der Waals surface area contributed by atoms with Gasteiger partial charge in [0.15, 0.2) is 0 Å². The minimum absolute atomic E-state index is 0.170. The highest BCUT2D eigenvalue weighted by molar-refractivity contribution is 6.05. The zero-order chi connectivity index (χ0) is 18.5. The number of oxime groups is 1. The molecule has 0 spiro atoms. The molecule has 0 aliphatic carbocycles. The Balaban J connectivity index is 1.63. The molecule has 136 valence electrons. The van der Waals surface area contributed by atoms with E-state index in [1.165, 1.54) is 0 Å². The number of amides is 1. The average Bonchev–Trinajstić information content (AvgIpc) is 3.18. The van der Waals surface area contributed by atoms with E-state index in [0.29, 0.717) is 17.9 Å². The molecule has 6 nitrogen and oxygen atoms in total. The summed E-state index contributed by atoms with van der Waals surface area (Å²) in [5.74, 6) is 1.26. The molecule has 0 radical (unpaired) electrons. The maximum atomic E-state index is 12.5. The van der Waals surface area contributed by atoms with Crippen molar-refractivity contribution in [2.45, 2.75) is 25.5 Å². The first kappa shape index (κ1) is 17.8. The minimum Gasteiger partial charge on any atom is -0.497 e. The number of carbonyl (C=O) groups excluding carboxylic acids is 1. The van der Waals surface area contributed by atoms with Crippen LogP contribution < -0.4 is 14.8 Å². The number of nitrogens with zero attached hydrogens (tertiary/aromatic N) is 1. The molecule has 1 aliphatic rings. The molecule has 0 saturated heterocycles. The molecule has 0 aromatic heterocycles. The van der Waals surface area contributed by atoms with Crippen molar-refractivity contribution in [3.63, 3.8) is 0 Å². The molecular formula is C20H22N2O4. The summed E-state index contributed by atoms with van der Waals surface area (Å²) in [6.45, 7) is 1.92. The predicted octanol–water partition coefficient (Wildman–Crippen LogP) is 3.07. The van der Waals surface area contributed by atoms with Crippen LogP contribution in [0.15, 0.2) is 53.7 Å². The number of benzene rings is 2. The molecule has 26 heavy (non-hydrogen) atoms.